The zero-order valence-corrected chi connectivity index (χ0v) is 12.0. The second-order valence-corrected chi connectivity index (χ2v) is 6.04. The van der Waals surface area contributed by atoms with Crippen LogP contribution in [0, 0.1) is 11.2 Å². The van der Waals surface area contributed by atoms with E-state index in [1.54, 1.807) is 12.1 Å². The summed E-state index contributed by atoms with van der Waals surface area (Å²) in [6.07, 6.45) is 4.13. The van der Waals surface area contributed by atoms with Crippen molar-refractivity contribution in [1.82, 2.24) is 5.32 Å². The molecule has 110 valence electrons. The highest BCUT2D eigenvalue weighted by atomic mass is 19.1. The van der Waals surface area contributed by atoms with Crippen LogP contribution < -0.4 is 10.1 Å². The molecule has 0 bridgehead atoms. The highest BCUT2D eigenvalue weighted by Gasteiger charge is 2.37. The summed E-state index contributed by atoms with van der Waals surface area (Å²) < 4.78 is 24.8. The number of hydrogen-bond acceptors (Lipinski definition) is 3. The van der Waals surface area contributed by atoms with Crippen LogP contribution in [0.1, 0.15) is 24.8 Å². The summed E-state index contributed by atoms with van der Waals surface area (Å²) in [6, 6.07) is 4.82. The lowest BCUT2D eigenvalue weighted by molar-refractivity contribution is -0.00508. The van der Waals surface area contributed by atoms with Crippen LogP contribution in [0.2, 0.25) is 0 Å². The molecule has 3 nitrogen and oxygen atoms in total. The molecular formula is C16H22FNO2. The van der Waals surface area contributed by atoms with Gasteiger partial charge in [-0.05, 0) is 49.9 Å². The standard InChI is InChI=1S/C16H22FNO2/c1-18-11-16(4-6-19-7-5-16)10-14-9-12-8-13(17)2-3-15(12)20-14/h2-3,8,14,18H,4-7,9-11H2,1H3. The van der Waals surface area contributed by atoms with Crippen molar-refractivity contribution >= 4 is 0 Å². The quantitative estimate of drug-likeness (QED) is 0.918. The topological polar surface area (TPSA) is 30.5 Å². The van der Waals surface area contributed by atoms with Gasteiger partial charge in [0, 0.05) is 31.7 Å². The van der Waals surface area contributed by atoms with Gasteiger partial charge in [0.2, 0.25) is 0 Å². The van der Waals surface area contributed by atoms with Crippen molar-refractivity contribution in [2.24, 2.45) is 5.41 Å². The molecule has 1 atom stereocenters. The van der Waals surface area contributed by atoms with Crippen molar-refractivity contribution < 1.29 is 13.9 Å². The maximum atomic E-state index is 13.3. The van der Waals surface area contributed by atoms with Gasteiger partial charge < -0.3 is 14.8 Å². The number of hydrogen-bond donors (Lipinski definition) is 1. The van der Waals surface area contributed by atoms with Gasteiger partial charge in [0.05, 0.1) is 0 Å². The molecule has 2 aliphatic rings. The van der Waals surface area contributed by atoms with Crippen LogP contribution in [0.25, 0.3) is 0 Å². The molecule has 2 aliphatic heterocycles. The summed E-state index contributed by atoms with van der Waals surface area (Å²) in [5.74, 6) is 0.673. The van der Waals surface area contributed by atoms with E-state index in [1.165, 1.54) is 6.07 Å². The first kappa shape index (κ1) is 13.8. The lowest BCUT2D eigenvalue weighted by atomic mass is 9.75. The van der Waals surface area contributed by atoms with E-state index in [0.29, 0.717) is 0 Å². The number of fused-ring (bicyclic) bond motifs is 1. The molecule has 1 aromatic carbocycles. The maximum absolute atomic E-state index is 13.3. The second kappa shape index (κ2) is 5.70. The molecule has 1 fully saturated rings. The van der Waals surface area contributed by atoms with Crippen LogP contribution in [-0.2, 0) is 11.2 Å². The zero-order chi connectivity index (χ0) is 14.0. The van der Waals surface area contributed by atoms with Gasteiger partial charge in [-0.1, -0.05) is 0 Å². The Morgan fingerprint density at radius 1 is 1.35 bits per heavy atom. The number of nitrogens with one attached hydrogen (secondary N) is 1. The fraction of sp³-hybridized carbons (Fsp3) is 0.625. The van der Waals surface area contributed by atoms with Crippen LogP contribution >= 0.6 is 0 Å². The molecule has 20 heavy (non-hydrogen) atoms. The fourth-order valence-corrected chi connectivity index (χ4v) is 3.52. The minimum atomic E-state index is -0.177. The highest BCUT2D eigenvalue weighted by molar-refractivity contribution is 5.37. The van der Waals surface area contributed by atoms with Crippen molar-refractivity contribution in [3.8, 4) is 5.75 Å². The molecule has 4 heteroatoms. The van der Waals surface area contributed by atoms with Gasteiger partial charge in [0.15, 0.2) is 0 Å². The van der Waals surface area contributed by atoms with Crippen molar-refractivity contribution in [1.29, 1.82) is 0 Å². The molecular weight excluding hydrogens is 257 g/mol. The van der Waals surface area contributed by atoms with Crippen molar-refractivity contribution in [3.05, 3.63) is 29.6 Å². The fourth-order valence-electron chi connectivity index (χ4n) is 3.52. The van der Waals surface area contributed by atoms with E-state index in [2.05, 4.69) is 5.32 Å². The predicted octanol–water partition coefficient (Wildman–Crippen LogP) is 2.54. The normalized spacial score (nSPS) is 24.2. The van der Waals surface area contributed by atoms with Crippen LogP contribution in [0.3, 0.4) is 0 Å². The van der Waals surface area contributed by atoms with E-state index >= 15 is 0 Å². The zero-order valence-electron chi connectivity index (χ0n) is 12.0. The lowest BCUT2D eigenvalue weighted by Crippen LogP contribution is -2.41. The summed E-state index contributed by atoms with van der Waals surface area (Å²) in [6.45, 7) is 2.65. The van der Waals surface area contributed by atoms with Gasteiger partial charge in [-0.3, -0.25) is 0 Å². The van der Waals surface area contributed by atoms with E-state index < -0.39 is 0 Å². The highest BCUT2D eigenvalue weighted by Crippen LogP contribution is 2.39. The molecule has 1 saturated heterocycles. The third-order valence-electron chi connectivity index (χ3n) is 4.53. The first-order valence-corrected chi connectivity index (χ1v) is 7.38. The summed E-state index contributed by atoms with van der Waals surface area (Å²) in [5.41, 5.74) is 1.25. The van der Waals surface area contributed by atoms with E-state index in [9.17, 15) is 4.39 Å². The van der Waals surface area contributed by atoms with Crippen molar-refractivity contribution in [2.45, 2.75) is 31.8 Å². The Labute approximate surface area is 119 Å². The Morgan fingerprint density at radius 3 is 2.90 bits per heavy atom. The summed E-state index contributed by atoms with van der Waals surface area (Å²) in [5, 5.41) is 3.31. The molecule has 0 saturated carbocycles. The SMILES string of the molecule is CNCC1(CC2Cc3cc(F)ccc3O2)CCOCC1. The van der Waals surface area contributed by atoms with Gasteiger partial charge in [-0.25, -0.2) is 4.39 Å². The number of halogens is 1. The molecule has 1 N–H and O–H groups in total. The Bertz CT molecular complexity index is 466. The average Bonchev–Trinajstić information content (AvgIpc) is 2.81. The van der Waals surface area contributed by atoms with Gasteiger partial charge in [0.25, 0.3) is 0 Å². The predicted molar refractivity (Wildman–Crippen MR) is 75.5 cm³/mol. The average molecular weight is 279 g/mol. The van der Waals surface area contributed by atoms with Crippen LogP contribution in [0.4, 0.5) is 4.39 Å². The van der Waals surface area contributed by atoms with Gasteiger partial charge in [-0.2, -0.15) is 0 Å². The Kier molecular flexibility index (Phi) is 3.94. The third-order valence-corrected chi connectivity index (χ3v) is 4.53. The summed E-state index contributed by atoms with van der Waals surface area (Å²) in [7, 11) is 2.00. The molecule has 0 aromatic heterocycles. The second-order valence-electron chi connectivity index (χ2n) is 6.04. The largest absolute Gasteiger partial charge is 0.490 e. The Morgan fingerprint density at radius 2 is 2.15 bits per heavy atom. The van der Waals surface area contributed by atoms with Crippen LogP contribution in [0.5, 0.6) is 5.75 Å². The molecule has 0 spiro atoms. The minimum absolute atomic E-state index is 0.165. The monoisotopic (exact) mass is 279 g/mol. The minimum Gasteiger partial charge on any atom is -0.490 e. The van der Waals surface area contributed by atoms with Gasteiger partial charge in [0.1, 0.15) is 17.7 Å². The maximum Gasteiger partial charge on any atom is 0.123 e. The Balaban J connectivity index is 1.69. The first-order valence-electron chi connectivity index (χ1n) is 7.38. The number of ether oxygens (including phenoxy) is 2. The van der Waals surface area contributed by atoms with Crippen molar-refractivity contribution in [3.63, 3.8) is 0 Å². The van der Waals surface area contributed by atoms with E-state index in [1.807, 2.05) is 7.05 Å². The molecule has 3 rings (SSSR count). The molecule has 0 aliphatic carbocycles. The summed E-state index contributed by atoms with van der Waals surface area (Å²) >= 11 is 0. The van der Waals surface area contributed by atoms with E-state index in [-0.39, 0.29) is 17.3 Å². The molecule has 1 unspecified atom stereocenters. The Hall–Kier alpha value is -1.13. The van der Waals surface area contributed by atoms with Crippen LogP contribution in [0.15, 0.2) is 18.2 Å². The number of benzene rings is 1. The first-order chi connectivity index (χ1) is 9.71. The molecule has 0 amide bonds. The molecule has 0 radical (unpaired) electrons. The van der Waals surface area contributed by atoms with E-state index in [4.69, 9.17) is 9.47 Å². The molecule has 1 aromatic rings. The van der Waals surface area contributed by atoms with Gasteiger partial charge >= 0.3 is 0 Å². The molecule has 2 heterocycles. The summed E-state index contributed by atoms with van der Waals surface area (Å²) in [4.78, 5) is 0. The van der Waals surface area contributed by atoms with Crippen LogP contribution in [-0.4, -0.2) is 32.9 Å². The van der Waals surface area contributed by atoms with Crippen molar-refractivity contribution in [2.75, 3.05) is 26.8 Å². The third kappa shape index (κ3) is 2.81. The number of rotatable bonds is 4. The van der Waals surface area contributed by atoms with Gasteiger partial charge in [-0.15, -0.1) is 0 Å². The lowest BCUT2D eigenvalue weighted by Gasteiger charge is -2.38. The smallest absolute Gasteiger partial charge is 0.123 e. The van der Waals surface area contributed by atoms with E-state index in [0.717, 1.165) is 56.8 Å².